The molecule has 0 unspecified atom stereocenters. The summed E-state index contributed by atoms with van der Waals surface area (Å²) >= 11 is 0. The van der Waals surface area contributed by atoms with Crippen molar-refractivity contribution in [1.29, 1.82) is 0 Å². The summed E-state index contributed by atoms with van der Waals surface area (Å²) in [6, 6.07) is 18.3. The number of amides is 1. The number of rotatable bonds is 8. The maximum absolute atomic E-state index is 12.7. The molecule has 0 aliphatic rings. The fourth-order valence-corrected chi connectivity index (χ4v) is 2.67. The summed E-state index contributed by atoms with van der Waals surface area (Å²) in [5.41, 5.74) is 0.0898. The molecule has 2 aromatic rings. The molecule has 134 valence electrons. The zero-order chi connectivity index (χ0) is 18.8. The molecule has 0 aromatic heterocycles. The Bertz CT molecular complexity index is 768. The summed E-state index contributed by atoms with van der Waals surface area (Å²) in [5, 5.41) is 2.87. The van der Waals surface area contributed by atoms with Crippen LogP contribution in [0, 0.1) is 0 Å². The first-order chi connectivity index (χ1) is 12.6. The molecular formula is C22H23NO3. The third kappa shape index (κ3) is 4.93. The molecule has 4 nitrogen and oxygen atoms in total. The van der Waals surface area contributed by atoms with E-state index in [4.69, 9.17) is 4.74 Å². The largest absolute Gasteiger partial charge is 0.467 e. The van der Waals surface area contributed by atoms with Gasteiger partial charge in [-0.3, -0.25) is 4.79 Å². The summed E-state index contributed by atoms with van der Waals surface area (Å²) in [6.07, 6.45) is 6.08. The van der Waals surface area contributed by atoms with Crippen molar-refractivity contribution in [3.63, 3.8) is 0 Å². The Balaban J connectivity index is 2.41. The fraction of sp³-hybridized carbons (Fsp3) is 0.182. The van der Waals surface area contributed by atoms with Crippen LogP contribution in [0.3, 0.4) is 0 Å². The Morgan fingerprint density at radius 3 is 2.27 bits per heavy atom. The first-order valence-electron chi connectivity index (χ1n) is 8.40. The standard InChI is InChI=1S/C22H23NO3/c1-3-4-11-16-22(21(25)26-2,17-18-12-7-5-8-13-18)23-20(24)19-14-9-6-10-15-19/h3,5-16H,1,4,17H2,2H3,(H,23,24)/b16-11+/t22-/m1/s1. The Morgan fingerprint density at radius 1 is 1.08 bits per heavy atom. The molecule has 0 saturated carbocycles. The highest BCUT2D eigenvalue weighted by molar-refractivity contribution is 5.99. The molecule has 0 radical (unpaired) electrons. The molecule has 26 heavy (non-hydrogen) atoms. The minimum Gasteiger partial charge on any atom is -0.467 e. The number of benzene rings is 2. The highest BCUT2D eigenvalue weighted by Crippen LogP contribution is 2.19. The van der Waals surface area contributed by atoms with Crippen LogP contribution in [0.15, 0.2) is 85.5 Å². The van der Waals surface area contributed by atoms with E-state index >= 15 is 0 Å². The second-order valence-corrected chi connectivity index (χ2v) is 5.87. The van der Waals surface area contributed by atoms with Crippen LogP contribution in [0.2, 0.25) is 0 Å². The van der Waals surface area contributed by atoms with Crippen LogP contribution in [-0.2, 0) is 16.0 Å². The first-order valence-corrected chi connectivity index (χ1v) is 8.40. The molecule has 0 aliphatic heterocycles. The topological polar surface area (TPSA) is 55.4 Å². The predicted octanol–water partition coefficient (Wildman–Crippen LogP) is 3.70. The Kier molecular flexibility index (Phi) is 6.92. The lowest BCUT2D eigenvalue weighted by Gasteiger charge is -2.29. The van der Waals surface area contributed by atoms with Crippen molar-refractivity contribution in [3.05, 3.63) is 96.6 Å². The van der Waals surface area contributed by atoms with Gasteiger partial charge in [-0.1, -0.05) is 66.8 Å². The molecule has 1 amide bonds. The molecule has 0 fully saturated rings. The summed E-state index contributed by atoms with van der Waals surface area (Å²) in [7, 11) is 1.32. The van der Waals surface area contributed by atoms with Crippen LogP contribution < -0.4 is 5.32 Å². The SMILES string of the molecule is C=CC/C=C/[C@](Cc1ccccc1)(NC(=O)c1ccccc1)C(=O)OC. The van der Waals surface area contributed by atoms with Gasteiger partial charge in [-0.15, -0.1) is 6.58 Å². The van der Waals surface area contributed by atoms with E-state index in [0.29, 0.717) is 12.0 Å². The average Bonchev–Trinajstić information content (AvgIpc) is 2.68. The number of esters is 1. The van der Waals surface area contributed by atoms with Crippen molar-refractivity contribution >= 4 is 11.9 Å². The number of hydrogen-bond donors (Lipinski definition) is 1. The third-order valence-electron chi connectivity index (χ3n) is 3.95. The lowest BCUT2D eigenvalue weighted by atomic mass is 9.89. The molecule has 0 heterocycles. The van der Waals surface area contributed by atoms with Gasteiger partial charge < -0.3 is 10.1 Å². The number of nitrogens with one attached hydrogen (secondary N) is 1. The summed E-state index contributed by atoms with van der Waals surface area (Å²) in [4.78, 5) is 25.4. The minimum atomic E-state index is -1.30. The molecule has 0 bridgehead atoms. The van der Waals surface area contributed by atoms with Gasteiger partial charge in [-0.2, -0.15) is 0 Å². The molecule has 0 aliphatic carbocycles. The number of methoxy groups -OCH3 is 1. The van der Waals surface area contributed by atoms with E-state index in [-0.39, 0.29) is 12.3 Å². The van der Waals surface area contributed by atoms with Crippen molar-refractivity contribution in [2.24, 2.45) is 0 Å². The molecule has 0 saturated heterocycles. The highest BCUT2D eigenvalue weighted by atomic mass is 16.5. The van der Waals surface area contributed by atoms with Crippen LogP contribution in [0.4, 0.5) is 0 Å². The van der Waals surface area contributed by atoms with Gasteiger partial charge in [0.05, 0.1) is 7.11 Å². The molecular weight excluding hydrogens is 326 g/mol. The van der Waals surface area contributed by atoms with Crippen LogP contribution in [-0.4, -0.2) is 24.5 Å². The van der Waals surface area contributed by atoms with Gasteiger partial charge in [0, 0.05) is 12.0 Å². The lowest BCUT2D eigenvalue weighted by molar-refractivity contribution is -0.146. The third-order valence-corrected chi connectivity index (χ3v) is 3.95. The van der Waals surface area contributed by atoms with Gasteiger partial charge in [-0.05, 0) is 24.1 Å². The van der Waals surface area contributed by atoms with Gasteiger partial charge in [0.1, 0.15) is 0 Å². The Hall–Kier alpha value is -3.14. The lowest BCUT2D eigenvalue weighted by Crippen LogP contribution is -2.55. The second-order valence-electron chi connectivity index (χ2n) is 5.87. The monoisotopic (exact) mass is 349 g/mol. The molecule has 2 rings (SSSR count). The Morgan fingerprint density at radius 2 is 1.69 bits per heavy atom. The first kappa shape index (κ1) is 19.2. The summed E-state index contributed by atoms with van der Waals surface area (Å²) in [5.74, 6) is -0.860. The molecule has 4 heteroatoms. The van der Waals surface area contributed by atoms with Crippen LogP contribution >= 0.6 is 0 Å². The van der Waals surface area contributed by atoms with Gasteiger partial charge in [0.25, 0.3) is 5.91 Å². The van der Waals surface area contributed by atoms with E-state index in [9.17, 15) is 9.59 Å². The molecule has 1 N–H and O–H groups in total. The molecule has 0 spiro atoms. The van der Waals surface area contributed by atoms with E-state index in [0.717, 1.165) is 5.56 Å². The fourth-order valence-electron chi connectivity index (χ4n) is 2.67. The number of allylic oxidation sites excluding steroid dienone is 2. The van der Waals surface area contributed by atoms with Gasteiger partial charge in [0.15, 0.2) is 5.54 Å². The van der Waals surface area contributed by atoms with E-state index < -0.39 is 11.5 Å². The van der Waals surface area contributed by atoms with E-state index in [1.165, 1.54) is 7.11 Å². The van der Waals surface area contributed by atoms with Crippen molar-refractivity contribution in [1.82, 2.24) is 5.32 Å². The normalized spacial score (nSPS) is 13.0. The number of hydrogen-bond acceptors (Lipinski definition) is 3. The van der Waals surface area contributed by atoms with Crippen LogP contribution in [0.1, 0.15) is 22.3 Å². The predicted molar refractivity (Wildman–Crippen MR) is 103 cm³/mol. The van der Waals surface area contributed by atoms with Gasteiger partial charge >= 0.3 is 5.97 Å². The number of carbonyl (C=O) groups is 2. The number of ether oxygens (including phenoxy) is 1. The van der Waals surface area contributed by atoms with E-state index in [1.807, 2.05) is 36.4 Å². The van der Waals surface area contributed by atoms with E-state index in [2.05, 4.69) is 11.9 Å². The molecule has 2 aromatic carbocycles. The smallest absolute Gasteiger partial charge is 0.336 e. The van der Waals surface area contributed by atoms with Crippen LogP contribution in [0.5, 0.6) is 0 Å². The zero-order valence-corrected chi connectivity index (χ0v) is 14.9. The van der Waals surface area contributed by atoms with Crippen molar-refractivity contribution in [2.75, 3.05) is 7.11 Å². The summed E-state index contributed by atoms with van der Waals surface area (Å²) in [6.45, 7) is 3.68. The Labute approximate surface area is 154 Å². The zero-order valence-electron chi connectivity index (χ0n) is 14.9. The second kappa shape index (κ2) is 9.37. The number of carbonyl (C=O) groups excluding carboxylic acids is 2. The maximum atomic E-state index is 12.7. The highest BCUT2D eigenvalue weighted by Gasteiger charge is 2.39. The van der Waals surface area contributed by atoms with Crippen molar-refractivity contribution < 1.29 is 14.3 Å². The molecule has 1 atom stereocenters. The van der Waals surface area contributed by atoms with Crippen LogP contribution in [0.25, 0.3) is 0 Å². The van der Waals surface area contributed by atoms with Crippen molar-refractivity contribution in [3.8, 4) is 0 Å². The maximum Gasteiger partial charge on any atom is 0.336 e. The van der Waals surface area contributed by atoms with Gasteiger partial charge in [0.2, 0.25) is 0 Å². The summed E-state index contributed by atoms with van der Waals surface area (Å²) < 4.78 is 5.02. The average molecular weight is 349 g/mol. The van der Waals surface area contributed by atoms with Crippen molar-refractivity contribution in [2.45, 2.75) is 18.4 Å². The van der Waals surface area contributed by atoms with Gasteiger partial charge in [-0.25, -0.2) is 4.79 Å². The minimum absolute atomic E-state index is 0.284. The quantitative estimate of drug-likeness (QED) is 0.584. The van der Waals surface area contributed by atoms with E-state index in [1.54, 1.807) is 42.5 Å².